The summed E-state index contributed by atoms with van der Waals surface area (Å²) in [5.41, 5.74) is 1.34. The van der Waals surface area contributed by atoms with Crippen LogP contribution in [0.25, 0.3) is 0 Å². The van der Waals surface area contributed by atoms with E-state index in [4.69, 9.17) is 16.0 Å². The minimum absolute atomic E-state index is 0.164. The number of anilines is 1. The summed E-state index contributed by atoms with van der Waals surface area (Å²) in [6, 6.07) is 6.54. The van der Waals surface area contributed by atoms with Crippen LogP contribution in [0, 0.1) is 6.92 Å². The molecule has 0 aliphatic rings. The van der Waals surface area contributed by atoms with Gasteiger partial charge in [-0.1, -0.05) is 0 Å². The van der Waals surface area contributed by atoms with Crippen LogP contribution in [0.1, 0.15) is 16.2 Å². The third-order valence-electron chi connectivity index (χ3n) is 2.10. The average Bonchev–Trinajstić information content (AvgIpc) is 2.69. The first-order valence-electron chi connectivity index (χ1n) is 4.76. The fraction of sp³-hybridized carbons (Fsp3) is 0.0909. The van der Waals surface area contributed by atoms with Gasteiger partial charge in [-0.15, -0.1) is 0 Å². The van der Waals surface area contributed by atoms with Crippen LogP contribution in [0.3, 0.4) is 0 Å². The lowest BCUT2D eigenvalue weighted by Crippen LogP contribution is -2.12. The van der Waals surface area contributed by atoms with E-state index in [1.54, 1.807) is 19.1 Å². The Hall–Kier alpha value is -1.33. The van der Waals surface area contributed by atoms with E-state index in [0.29, 0.717) is 16.0 Å². The van der Waals surface area contributed by atoms with Crippen LogP contribution in [0.2, 0.25) is 5.22 Å². The highest BCUT2D eigenvalue weighted by molar-refractivity contribution is 9.10. The number of pyridine rings is 1. The molecular weight excluding hydrogens is 307 g/mol. The van der Waals surface area contributed by atoms with Crippen molar-refractivity contribution < 1.29 is 9.21 Å². The van der Waals surface area contributed by atoms with Crippen molar-refractivity contribution in [1.29, 1.82) is 0 Å². The monoisotopic (exact) mass is 314 g/mol. The highest BCUT2D eigenvalue weighted by Crippen LogP contribution is 2.18. The Bertz CT molecular complexity index is 568. The maximum absolute atomic E-state index is 11.8. The second-order valence-corrected chi connectivity index (χ2v) is 4.51. The molecule has 0 unspecified atom stereocenters. The maximum Gasteiger partial charge on any atom is 0.291 e. The van der Waals surface area contributed by atoms with Gasteiger partial charge < -0.3 is 9.73 Å². The Labute approximate surface area is 111 Å². The SMILES string of the molecule is Cc1nc(Br)ccc1NC(=O)c1ccc(Cl)o1. The Morgan fingerprint density at radius 3 is 2.76 bits per heavy atom. The van der Waals surface area contributed by atoms with Gasteiger partial charge in [-0.2, -0.15) is 0 Å². The van der Waals surface area contributed by atoms with E-state index in [2.05, 4.69) is 26.2 Å². The lowest BCUT2D eigenvalue weighted by atomic mass is 10.3. The number of nitrogens with one attached hydrogen (secondary N) is 1. The molecule has 0 saturated heterocycles. The molecule has 88 valence electrons. The number of halogens is 2. The number of rotatable bonds is 2. The van der Waals surface area contributed by atoms with Crippen LogP contribution >= 0.6 is 27.5 Å². The predicted octanol–water partition coefficient (Wildman–Crippen LogP) is 3.65. The summed E-state index contributed by atoms with van der Waals surface area (Å²) in [5.74, 6) is -0.193. The van der Waals surface area contributed by atoms with Crippen LogP contribution in [0.15, 0.2) is 33.3 Å². The van der Waals surface area contributed by atoms with Crippen LogP contribution in [-0.2, 0) is 0 Å². The fourth-order valence-electron chi connectivity index (χ4n) is 1.28. The second-order valence-electron chi connectivity index (χ2n) is 3.32. The highest BCUT2D eigenvalue weighted by atomic mass is 79.9. The average molecular weight is 316 g/mol. The Balaban J connectivity index is 2.18. The zero-order chi connectivity index (χ0) is 12.4. The zero-order valence-electron chi connectivity index (χ0n) is 8.83. The molecule has 17 heavy (non-hydrogen) atoms. The van der Waals surface area contributed by atoms with Crippen LogP contribution < -0.4 is 5.32 Å². The first-order chi connectivity index (χ1) is 8.06. The summed E-state index contributed by atoms with van der Waals surface area (Å²) < 4.78 is 5.72. The Morgan fingerprint density at radius 2 is 2.18 bits per heavy atom. The molecule has 0 fully saturated rings. The first-order valence-corrected chi connectivity index (χ1v) is 5.93. The van der Waals surface area contributed by atoms with E-state index in [0.717, 1.165) is 0 Å². The summed E-state index contributed by atoms with van der Waals surface area (Å²) in [7, 11) is 0. The van der Waals surface area contributed by atoms with Crippen LogP contribution in [-0.4, -0.2) is 10.9 Å². The summed E-state index contributed by atoms with van der Waals surface area (Å²) in [6.45, 7) is 1.80. The van der Waals surface area contributed by atoms with Gasteiger partial charge in [0.25, 0.3) is 5.91 Å². The molecule has 2 aromatic rings. The van der Waals surface area contributed by atoms with Gasteiger partial charge in [0, 0.05) is 0 Å². The standard InChI is InChI=1S/C11H8BrClN2O2/c1-6-7(2-4-9(12)14-6)15-11(16)8-3-5-10(13)17-8/h2-5H,1H3,(H,15,16). The maximum atomic E-state index is 11.8. The molecule has 0 bridgehead atoms. The van der Waals surface area contributed by atoms with Crippen molar-refractivity contribution in [3.05, 3.63) is 45.5 Å². The van der Waals surface area contributed by atoms with Crippen molar-refractivity contribution in [3.8, 4) is 0 Å². The van der Waals surface area contributed by atoms with Crippen LogP contribution in [0.5, 0.6) is 0 Å². The molecule has 1 amide bonds. The quantitative estimate of drug-likeness (QED) is 0.861. The molecule has 1 N–H and O–H groups in total. The number of carbonyl (C=O) groups excluding carboxylic acids is 1. The Kier molecular flexibility index (Phi) is 3.49. The summed E-state index contributed by atoms with van der Waals surface area (Å²) in [6.07, 6.45) is 0. The van der Waals surface area contributed by atoms with Gasteiger partial charge in [-0.05, 0) is 58.7 Å². The van der Waals surface area contributed by atoms with Crippen LogP contribution in [0.4, 0.5) is 5.69 Å². The lowest BCUT2D eigenvalue weighted by Gasteiger charge is -2.06. The molecule has 2 heterocycles. The van der Waals surface area contributed by atoms with E-state index in [1.165, 1.54) is 12.1 Å². The molecule has 4 nitrogen and oxygen atoms in total. The van der Waals surface area contributed by atoms with Crippen molar-refractivity contribution in [2.24, 2.45) is 0 Å². The number of furan rings is 1. The van der Waals surface area contributed by atoms with Crippen molar-refractivity contribution in [3.63, 3.8) is 0 Å². The summed E-state index contributed by atoms with van der Waals surface area (Å²) in [4.78, 5) is 15.9. The molecule has 0 radical (unpaired) electrons. The molecule has 0 aliphatic carbocycles. The third kappa shape index (κ3) is 2.87. The highest BCUT2D eigenvalue weighted by Gasteiger charge is 2.12. The van der Waals surface area contributed by atoms with E-state index in [9.17, 15) is 4.79 Å². The van der Waals surface area contributed by atoms with E-state index >= 15 is 0 Å². The number of amides is 1. The van der Waals surface area contributed by atoms with Crippen molar-refractivity contribution in [1.82, 2.24) is 4.98 Å². The number of hydrogen-bond acceptors (Lipinski definition) is 3. The minimum Gasteiger partial charge on any atom is -0.440 e. The number of aromatic nitrogens is 1. The molecule has 2 rings (SSSR count). The summed E-state index contributed by atoms with van der Waals surface area (Å²) >= 11 is 8.85. The van der Waals surface area contributed by atoms with Gasteiger partial charge in [0.05, 0.1) is 11.4 Å². The van der Waals surface area contributed by atoms with Gasteiger partial charge in [0.1, 0.15) is 4.60 Å². The largest absolute Gasteiger partial charge is 0.440 e. The Morgan fingerprint density at radius 1 is 1.41 bits per heavy atom. The van der Waals surface area contributed by atoms with E-state index in [1.807, 2.05) is 0 Å². The topological polar surface area (TPSA) is 55.1 Å². The molecule has 6 heteroatoms. The van der Waals surface area contributed by atoms with Crippen molar-refractivity contribution in [2.75, 3.05) is 5.32 Å². The number of aryl methyl sites for hydroxylation is 1. The molecule has 0 saturated carbocycles. The summed E-state index contributed by atoms with van der Waals surface area (Å²) in [5, 5.41) is 2.87. The number of nitrogens with zero attached hydrogens (tertiary/aromatic N) is 1. The molecule has 0 atom stereocenters. The minimum atomic E-state index is -0.357. The van der Waals surface area contributed by atoms with Gasteiger partial charge in [0.15, 0.2) is 11.0 Å². The molecule has 0 aliphatic heterocycles. The zero-order valence-corrected chi connectivity index (χ0v) is 11.2. The second kappa shape index (κ2) is 4.89. The third-order valence-corrected chi connectivity index (χ3v) is 2.74. The molecule has 0 aromatic carbocycles. The first kappa shape index (κ1) is 12.1. The molecular formula is C11H8BrClN2O2. The lowest BCUT2D eigenvalue weighted by molar-refractivity contribution is 0.0996. The predicted molar refractivity (Wildman–Crippen MR) is 68.3 cm³/mol. The number of carbonyl (C=O) groups is 1. The van der Waals surface area contributed by atoms with E-state index in [-0.39, 0.29) is 16.9 Å². The van der Waals surface area contributed by atoms with E-state index < -0.39 is 0 Å². The normalized spacial score (nSPS) is 10.3. The van der Waals surface area contributed by atoms with Gasteiger partial charge in [0.2, 0.25) is 0 Å². The molecule has 2 aromatic heterocycles. The van der Waals surface area contributed by atoms with Gasteiger partial charge in [-0.3, -0.25) is 4.79 Å². The fourth-order valence-corrected chi connectivity index (χ4v) is 1.83. The molecule has 0 spiro atoms. The van der Waals surface area contributed by atoms with Gasteiger partial charge in [-0.25, -0.2) is 4.98 Å². The van der Waals surface area contributed by atoms with Crippen molar-refractivity contribution in [2.45, 2.75) is 6.92 Å². The smallest absolute Gasteiger partial charge is 0.291 e. The van der Waals surface area contributed by atoms with Gasteiger partial charge >= 0.3 is 0 Å². The number of hydrogen-bond donors (Lipinski definition) is 1. The van der Waals surface area contributed by atoms with Crippen molar-refractivity contribution >= 4 is 39.1 Å².